The zero-order chi connectivity index (χ0) is 11.4. The highest BCUT2D eigenvalue weighted by Crippen LogP contribution is 2.23. The zero-order valence-electron chi connectivity index (χ0n) is 10.4. The zero-order valence-corrected chi connectivity index (χ0v) is 10.4. The minimum atomic E-state index is 0.152. The van der Waals surface area contributed by atoms with Gasteiger partial charge < -0.3 is 10.2 Å². The van der Waals surface area contributed by atoms with Crippen molar-refractivity contribution in [2.45, 2.75) is 69.9 Å². The smallest absolute Gasteiger partial charge is 0.317 e. The number of rotatable bonds is 2. The molecule has 0 aromatic heterocycles. The average molecular weight is 224 g/mol. The molecule has 0 atom stereocenters. The Hall–Kier alpha value is -0.730. The molecule has 0 bridgehead atoms. The largest absolute Gasteiger partial charge is 0.335 e. The van der Waals surface area contributed by atoms with Crippen molar-refractivity contribution in [3.63, 3.8) is 0 Å². The fourth-order valence-electron chi connectivity index (χ4n) is 2.98. The lowest BCUT2D eigenvalue weighted by atomic mass is 9.96. The second-order valence-corrected chi connectivity index (χ2v) is 5.33. The van der Waals surface area contributed by atoms with Gasteiger partial charge in [0.05, 0.1) is 0 Å². The maximum Gasteiger partial charge on any atom is 0.317 e. The Morgan fingerprint density at radius 3 is 2.19 bits per heavy atom. The number of urea groups is 1. The Labute approximate surface area is 98.6 Å². The lowest BCUT2D eigenvalue weighted by Crippen LogP contribution is -2.47. The van der Waals surface area contributed by atoms with Crippen LogP contribution in [0.2, 0.25) is 0 Å². The van der Waals surface area contributed by atoms with Crippen molar-refractivity contribution in [2.75, 3.05) is 7.05 Å². The van der Waals surface area contributed by atoms with Crippen LogP contribution in [-0.4, -0.2) is 30.1 Å². The summed E-state index contributed by atoms with van der Waals surface area (Å²) < 4.78 is 0. The number of nitrogens with zero attached hydrogens (tertiary/aromatic N) is 1. The van der Waals surface area contributed by atoms with Crippen LogP contribution >= 0.6 is 0 Å². The van der Waals surface area contributed by atoms with E-state index < -0.39 is 0 Å². The summed E-state index contributed by atoms with van der Waals surface area (Å²) in [5.41, 5.74) is 0. The Kier molecular flexibility index (Phi) is 4.08. The third kappa shape index (κ3) is 2.89. The van der Waals surface area contributed by atoms with E-state index in [2.05, 4.69) is 5.32 Å². The molecule has 0 unspecified atom stereocenters. The number of carbonyl (C=O) groups excluding carboxylic acids is 1. The lowest BCUT2D eigenvalue weighted by molar-refractivity contribution is 0.183. The van der Waals surface area contributed by atoms with Gasteiger partial charge in [0.2, 0.25) is 0 Å². The van der Waals surface area contributed by atoms with Crippen molar-refractivity contribution in [3.8, 4) is 0 Å². The first-order valence-corrected chi connectivity index (χ1v) is 6.80. The molecule has 3 heteroatoms. The fourth-order valence-corrected chi connectivity index (χ4v) is 2.98. The minimum Gasteiger partial charge on any atom is -0.335 e. The van der Waals surface area contributed by atoms with Crippen molar-refractivity contribution in [1.29, 1.82) is 0 Å². The normalized spacial score (nSPS) is 23.3. The molecule has 16 heavy (non-hydrogen) atoms. The van der Waals surface area contributed by atoms with Crippen LogP contribution in [-0.2, 0) is 0 Å². The van der Waals surface area contributed by atoms with Gasteiger partial charge in [0.15, 0.2) is 0 Å². The molecule has 0 heterocycles. The summed E-state index contributed by atoms with van der Waals surface area (Å²) in [6.45, 7) is 0. The van der Waals surface area contributed by atoms with Crippen LogP contribution in [0.15, 0.2) is 0 Å². The molecule has 1 N–H and O–H groups in total. The number of carbonyl (C=O) groups is 1. The first kappa shape index (κ1) is 11.7. The van der Waals surface area contributed by atoms with Crippen LogP contribution in [0.4, 0.5) is 4.79 Å². The first-order valence-electron chi connectivity index (χ1n) is 6.80. The Morgan fingerprint density at radius 1 is 1.00 bits per heavy atom. The highest BCUT2D eigenvalue weighted by Gasteiger charge is 2.25. The maximum atomic E-state index is 12.0. The van der Waals surface area contributed by atoms with Gasteiger partial charge in [-0.3, -0.25) is 0 Å². The molecule has 0 spiro atoms. The molecule has 3 nitrogen and oxygen atoms in total. The van der Waals surface area contributed by atoms with E-state index in [-0.39, 0.29) is 6.03 Å². The monoisotopic (exact) mass is 224 g/mol. The summed E-state index contributed by atoms with van der Waals surface area (Å²) in [6, 6.07) is 1.08. The van der Waals surface area contributed by atoms with Gasteiger partial charge in [0.1, 0.15) is 0 Å². The molecule has 2 aliphatic carbocycles. The highest BCUT2D eigenvalue weighted by atomic mass is 16.2. The van der Waals surface area contributed by atoms with Crippen LogP contribution in [0.3, 0.4) is 0 Å². The van der Waals surface area contributed by atoms with Crippen molar-refractivity contribution < 1.29 is 4.79 Å². The predicted octanol–water partition coefficient (Wildman–Crippen LogP) is 2.90. The summed E-state index contributed by atoms with van der Waals surface area (Å²) >= 11 is 0. The highest BCUT2D eigenvalue weighted by molar-refractivity contribution is 5.74. The molecule has 0 radical (unpaired) electrons. The average Bonchev–Trinajstić information content (AvgIpc) is 2.83. The number of amides is 2. The molecule has 0 aromatic rings. The second-order valence-electron chi connectivity index (χ2n) is 5.33. The maximum absolute atomic E-state index is 12.0. The van der Waals surface area contributed by atoms with Crippen LogP contribution < -0.4 is 5.32 Å². The summed E-state index contributed by atoms with van der Waals surface area (Å²) in [4.78, 5) is 13.9. The van der Waals surface area contributed by atoms with Gasteiger partial charge >= 0.3 is 6.03 Å². The minimum absolute atomic E-state index is 0.152. The van der Waals surface area contributed by atoms with Crippen molar-refractivity contribution in [1.82, 2.24) is 10.2 Å². The Morgan fingerprint density at radius 2 is 1.56 bits per heavy atom. The summed E-state index contributed by atoms with van der Waals surface area (Å²) in [7, 11) is 1.95. The fraction of sp³-hybridized carbons (Fsp3) is 0.923. The van der Waals surface area contributed by atoms with Gasteiger partial charge in [-0.05, 0) is 25.7 Å². The molecule has 0 aromatic carbocycles. The van der Waals surface area contributed by atoms with Gasteiger partial charge in [0, 0.05) is 19.1 Å². The van der Waals surface area contributed by atoms with Gasteiger partial charge in [-0.2, -0.15) is 0 Å². The number of hydrogen-bond acceptors (Lipinski definition) is 1. The third-order valence-electron chi connectivity index (χ3n) is 4.13. The van der Waals surface area contributed by atoms with Crippen LogP contribution in [0.5, 0.6) is 0 Å². The van der Waals surface area contributed by atoms with Crippen LogP contribution in [0.1, 0.15) is 57.8 Å². The molecule has 2 aliphatic rings. The van der Waals surface area contributed by atoms with Crippen LogP contribution in [0.25, 0.3) is 0 Å². The van der Waals surface area contributed by atoms with E-state index >= 15 is 0 Å². The lowest BCUT2D eigenvalue weighted by Gasteiger charge is -2.29. The van der Waals surface area contributed by atoms with Gasteiger partial charge in [-0.15, -0.1) is 0 Å². The first-order chi connectivity index (χ1) is 7.77. The van der Waals surface area contributed by atoms with E-state index in [0.717, 1.165) is 0 Å². The van der Waals surface area contributed by atoms with Crippen molar-refractivity contribution in [2.24, 2.45) is 0 Å². The van der Waals surface area contributed by atoms with Crippen molar-refractivity contribution >= 4 is 6.03 Å². The molecule has 92 valence electrons. The molecule has 2 amide bonds. The quantitative estimate of drug-likeness (QED) is 0.768. The molecule has 2 fully saturated rings. The molecular weight excluding hydrogens is 200 g/mol. The summed E-state index contributed by atoms with van der Waals surface area (Å²) in [5, 5.41) is 3.18. The van der Waals surface area contributed by atoms with E-state index in [1.165, 1.54) is 57.8 Å². The standard InChI is InChI=1S/C13H24N2O/c1-15(12-9-5-6-10-12)13(16)14-11-7-3-2-4-8-11/h11-12H,2-10H2,1H3,(H,14,16). The number of nitrogens with one attached hydrogen (secondary N) is 1. The molecule has 2 saturated carbocycles. The third-order valence-corrected chi connectivity index (χ3v) is 4.13. The summed E-state index contributed by atoms with van der Waals surface area (Å²) in [6.07, 6.45) is 11.2. The van der Waals surface area contributed by atoms with Gasteiger partial charge in [0.25, 0.3) is 0 Å². The van der Waals surface area contributed by atoms with Crippen LogP contribution in [0, 0.1) is 0 Å². The summed E-state index contributed by atoms with van der Waals surface area (Å²) in [5.74, 6) is 0. The number of hydrogen-bond donors (Lipinski definition) is 1. The molecular formula is C13H24N2O. The van der Waals surface area contributed by atoms with E-state index in [1.807, 2.05) is 11.9 Å². The topological polar surface area (TPSA) is 32.3 Å². The van der Waals surface area contributed by atoms with Crippen molar-refractivity contribution in [3.05, 3.63) is 0 Å². The molecule has 0 saturated heterocycles. The Balaban J connectivity index is 1.77. The SMILES string of the molecule is CN(C(=O)NC1CCCCC1)C1CCCC1. The second kappa shape index (κ2) is 5.55. The van der Waals surface area contributed by atoms with Gasteiger partial charge in [-0.1, -0.05) is 32.1 Å². The molecule has 0 aliphatic heterocycles. The van der Waals surface area contributed by atoms with E-state index in [4.69, 9.17) is 0 Å². The Bertz CT molecular complexity index is 230. The predicted molar refractivity (Wildman–Crippen MR) is 65.4 cm³/mol. The molecule has 2 rings (SSSR count). The van der Waals surface area contributed by atoms with Gasteiger partial charge in [-0.25, -0.2) is 4.79 Å². The van der Waals surface area contributed by atoms with E-state index in [9.17, 15) is 4.79 Å². The van der Waals surface area contributed by atoms with E-state index in [1.54, 1.807) is 0 Å². The van der Waals surface area contributed by atoms with E-state index in [0.29, 0.717) is 12.1 Å².